The number of ether oxygens (including phenoxy) is 1. The van der Waals surface area contributed by atoms with Crippen LogP contribution < -0.4 is 0 Å². The molecule has 4 N–H and O–H groups in total. The van der Waals surface area contributed by atoms with Crippen LogP contribution in [0.15, 0.2) is 42.1 Å². The van der Waals surface area contributed by atoms with Gasteiger partial charge in [-0.15, -0.1) is 0 Å². The molecule has 3 fully saturated rings. The van der Waals surface area contributed by atoms with E-state index in [0.29, 0.717) is 24.8 Å². The zero-order valence-corrected chi connectivity index (χ0v) is 20.9. The van der Waals surface area contributed by atoms with Crippen molar-refractivity contribution in [2.24, 2.45) is 11.3 Å². The van der Waals surface area contributed by atoms with Crippen LogP contribution in [0.1, 0.15) is 44.6 Å². The highest BCUT2D eigenvalue weighted by atomic mass is 19.1. The maximum atomic E-state index is 17.0. The smallest absolute Gasteiger partial charge is 0.197 e. The summed E-state index contributed by atoms with van der Waals surface area (Å²) in [5.74, 6) is 0.0421. The number of likely N-dealkylation sites (N-methyl/N-ethyl adjacent to an activating group) is 1. The lowest BCUT2D eigenvalue weighted by atomic mass is 9.55. The van der Waals surface area contributed by atoms with Crippen LogP contribution in [0.3, 0.4) is 0 Å². The van der Waals surface area contributed by atoms with E-state index in [1.807, 2.05) is 31.3 Å². The second-order valence-electron chi connectivity index (χ2n) is 12.2. The zero-order chi connectivity index (χ0) is 25.3. The Morgan fingerprint density at radius 3 is 2.75 bits per heavy atom. The van der Waals surface area contributed by atoms with E-state index in [9.17, 15) is 15.3 Å². The maximum absolute atomic E-state index is 17.0. The van der Waals surface area contributed by atoms with Gasteiger partial charge in [-0.3, -0.25) is 5.10 Å². The first-order chi connectivity index (χ1) is 17.1. The van der Waals surface area contributed by atoms with Crippen molar-refractivity contribution in [2.75, 3.05) is 14.1 Å². The minimum Gasteiger partial charge on any atom is -0.389 e. The van der Waals surface area contributed by atoms with E-state index in [2.05, 4.69) is 41.4 Å². The topological polar surface area (TPSA) is 102 Å². The van der Waals surface area contributed by atoms with Crippen LogP contribution in [0.5, 0.6) is 0 Å². The van der Waals surface area contributed by atoms with Crippen LogP contribution in [0.25, 0.3) is 16.5 Å². The number of aliphatic hydroxyl groups is 3. The van der Waals surface area contributed by atoms with Crippen molar-refractivity contribution < 1.29 is 24.4 Å². The molecular weight excluding hydrogens is 461 g/mol. The number of halogens is 1. The van der Waals surface area contributed by atoms with Gasteiger partial charge in [0.1, 0.15) is 17.8 Å². The number of hydrogen-bond acceptors (Lipinski definition) is 6. The molecule has 192 valence electrons. The first-order valence-corrected chi connectivity index (χ1v) is 13.0. The van der Waals surface area contributed by atoms with Crippen LogP contribution in [0.2, 0.25) is 0 Å². The average molecular weight is 496 g/mol. The first kappa shape index (κ1) is 23.0. The van der Waals surface area contributed by atoms with Gasteiger partial charge in [0.15, 0.2) is 5.67 Å². The van der Waals surface area contributed by atoms with Gasteiger partial charge in [-0.1, -0.05) is 25.1 Å². The number of aromatic amines is 1. The van der Waals surface area contributed by atoms with E-state index >= 15 is 4.39 Å². The number of rotatable bonds is 2. The Labute approximate surface area is 209 Å². The Balaban J connectivity index is 1.32. The fraction of sp³-hybridized carbons (Fsp3) is 0.607. The van der Waals surface area contributed by atoms with Gasteiger partial charge in [0.05, 0.1) is 23.4 Å². The summed E-state index contributed by atoms with van der Waals surface area (Å²) < 4.78 is 23.9. The molecule has 5 aliphatic rings. The number of benzene rings is 1. The largest absolute Gasteiger partial charge is 0.389 e. The van der Waals surface area contributed by atoms with E-state index in [-0.39, 0.29) is 17.8 Å². The van der Waals surface area contributed by atoms with Gasteiger partial charge in [-0.25, -0.2) is 4.39 Å². The number of allylic oxidation sites excluding steroid dienone is 3. The molecule has 2 aromatic rings. The third-order valence-corrected chi connectivity index (χ3v) is 10.5. The Bertz CT molecular complexity index is 1320. The van der Waals surface area contributed by atoms with E-state index in [4.69, 9.17) is 4.74 Å². The number of aliphatic hydroxyl groups excluding tert-OH is 3. The molecule has 3 heterocycles. The number of alkyl halides is 1. The van der Waals surface area contributed by atoms with Crippen LogP contribution in [-0.4, -0.2) is 85.7 Å². The number of aromatic nitrogens is 2. The van der Waals surface area contributed by atoms with Gasteiger partial charge >= 0.3 is 0 Å². The highest BCUT2D eigenvalue weighted by molar-refractivity contribution is 5.85. The van der Waals surface area contributed by atoms with Crippen molar-refractivity contribution in [3.8, 4) is 0 Å². The Hall–Kier alpha value is -2.10. The number of nitrogens with zero attached hydrogens (tertiary/aromatic N) is 2. The van der Waals surface area contributed by atoms with Gasteiger partial charge in [-0.2, -0.15) is 5.10 Å². The molecule has 0 radical (unpaired) electrons. The highest BCUT2D eigenvalue weighted by Crippen LogP contribution is 2.70. The zero-order valence-electron chi connectivity index (χ0n) is 20.9. The second kappa shape index (κ2) is 7.05. The van der Waals surface area contributed by atoms with Gasteiger partial charge in [0.2, 0.25) is 0 Å². The third kappa shape index (κ3) is 2.48. The van der Waals surface area contributed by atoms with Crippen LogP contribution in [-0.2, 0) is 4.74 Å². The quantitative estimate of drug-likeness (QED) is 0.478. The minimum absolute atomic E-state index is 0.0421. The third-order valence-electron chi connectivity index (χ3n) is 10.5. The van der Waals surface area contributed by atoms with Crippen LogP contribution in [0.4, 0.5) is 4.39 Å². The van der Waals surface area contributed by atoms with Gasteiger partial charge < -0.3 is 25.0 Å². The number of fused-ring (bicyclic) bond motifs is 2. The Kier molecular flexibility index (Phi) is 4.52. The molecule has 3 unspecified atom stereocenters. The molecule has 1 saturated carbocycles. The average Bonchev–Trinajstić information content (AvgIpc) is 3.55. The summed E-state index contributed by atoms with van der Waals surface area (Å²) in [6.45, 7) is 2.26. The predicted octanol–water partition coefficient (Wildman–Crippen LogP) is 2.73. The fourth-order valence-corrected chi connectivity index (χ4v) is 8.64. The lowest BCUT2D eigenvalue weighted by Gasteiger charge is -2.62. The molecule has 2 bridgehead atoms. The van der Waals surface area contributed by atoms with Crippen LogP contribution >= 0.6 is 0 Å². The number of H-pyrrole nitrogens is 1. The van der Waals surface area contributed by atoms with E-state index in [0.717, 1.165) is 22.9 Å². The summed E-state index contributed by atoms with van der Waals surface area (Å²) in [4.78, 5) is 1.82. The molecule has 2 aliphatic heterocycles. The number of nitrogens with one attached hydrogen (secondary N) is 1. The fourth-order valence-electron chi connectivity index (χ4n) is 8.64. The second-order valence-corrected chi connectivity index (χ2v) is 12.2. The Morgan fingerprint density at radius 2 is 1.97 bits per heavy atom. The van der Waals surface area contributed by atoms with E-state index in [1.165, 1.54) is 5.57 Å². The van der Waals surface area contributed by atoms with Gasteiger partial charge in [0, 0.05) is 22.8 Å². The summed E-state index contributed by atoms with van der Waals surface area (Å²) >= 11 is 0. The monoisotopic (exact) mass is 495 g/mol. The van der Waals surface area contributed by atoms with E-state index < -0.39 is 41.2 Å². The molecule has 1 aromatic carbocycles. The van der Waals surface area contributed by atoms with Crippen molar-refractivity contribution in [1.82, 2.24) is 15.1 Å². The van der Waals surface area contributed by atoms with Crippen molar-refractivity contribution in [3.05, 3.63) is 47.7 Å². The molecule has 36 heavy (non-hydrogen) atoms. The molecule has 7 nitrogen and oxygen atoms in total. The molecule has 3 aliphatic carbocycles. The Morgan fingerprint density at radius 1 is 1.17 bits per heavy atom. The van der Waals surface area contributed by atoms with Gasteiger partial charge in [-0.05, 0) is 75.0 Å². The summed E-state index contributed by atoms with van der Waals surface area (Å²) in [6.07, 6.45) is 4.15. The molecule has 2 saturated heterocycles. The lowest BCUT2D eigenvalue weighted by Crippen LogP contribution is -2.78. The highest BCUT2D eigenvalue weighted by Gasteiger charge is 2.79. The van der Waals surface area contributed by atoms with Crippen molar-refractivity contribution in [1.29, 1.82) is 0 Å². The maximum Gasteiger partial charge on any atom is 0.197 e. The summed E-state index contributed by atoms with van der Waals surface area (Å²) in [5, 5.41) is 41.7. The van der Waals surface area contributed by atoms with Crippen molar-refractivity contribution in [3.63, 3.8) is 0 Å². The van der Waals surface area contributed by atoms with Crippen molar-refractivity contribution in [2.45, 2.75) is 80.3 Å². The minimum atomic E-state index is -2.46. The standard InChI is InChI=1S/C28H34FN3O4/c1-25-9-8-18-23(34)28(29)24(35)22(33)20(32(2)3)13-26(28)10-11-27(18,36-26)21(25)7-5-17(25)15-4-6-19-16(12-15)14-30-31-19/h4-6,8,12,14,20-24,33-35H,7,9-11,13H2,1-3H3,(H,30,31)/t20-,21?,22+,23?,24-,25+,26+,27+,28?/m0/s1. The predicted molar refractivity (Wildman–Crippen MR) is 133 cm³/mol. The SMILES string of the molecule is CN(C)[C@H]1C[C@@]23CC[C@@]4(O2)C(=CC[C@]2(C)C(c5ccc6[nH]ncc6c5)=CCC24)C(O)C3(F)[C@@H](O)[C@@H]1O. The molecule has 1 aromatic heterocycles. The van der Waals surface area contributed by atoms with Crippen molar-refractivity contribution >= 4 is 16.5 Å². The first-order valence-electron chi connectivity index (χ1n) is 13.0. The summed E-state index contributed by atoms with van der Waals surface area (Å²) in [7, 11) is 3.64. The normalized spacial score (nSPS) is 47.4. The molecule has 7 rings (SSSR count). The number of hydrogen-bond donors (Lipinski definition) is 4. The molecule has 2 spiro atoms. The van der Waals surface area contributed by atoms with E-state index in [1.54, 1.807) is 0 Å². The lowest BCUT2D eigenvalue weighted by molar-refractivity contribution is -0.308. The summed E-state index contributed by atoms with van der Waals surface area (Å²) in [5.41, 5.74) is -0.901. The molecule has 9 atom stereocenters. The van der Waals surface area contributed by atoms with Crippen LogP contribution in [0, 0.1) is 11.3 Å². The molecule has 8 heteroatoms. The molecular formula is C28H34FN3O4. The molecule has 0 amide bonds. The van der Waals surface area contributed by atoms with Gasteiger partial charge in [0.25, 0.3) is 0 Å². The summed E-state index contributed by atoms with van der Waals surface area (Å²) in [6, 6.07) is 5.87.